The van der Waals surface area contributed by atoms with Crippen molar-refractivity contribution < 1.29 is 13.7 Å². The Kier molecular flexibility index (Phi) is 15.0. The zero-order chi connectivity index (χ0) is 38.1. The molecule has 0 saturated carbocycles. The molecular formula is C46H55N12+3. The van der Waals surface area contributed by atoms with Crippen LogP contribution in [0.1, 0.15) is 39.1 Å². The van der Waals surface area contributed by atoms with Crippen molar-refractivity contribution >= 4 is 67.9 Å². The van der Waals surface area contributed by atoms with Gasteiger partial charge in [-0.15, -0.1) is 14.9 Å². The third-order valence-corrected chi connectivity index (χ3v) is 8.95. The van der Waals surface area contributed by atoms with Gasteiger partial charge in [0.15, 0.2) is 24.8 Å². The average Bonchev–Trinajstić information content (AvgIpc) is 3.97. The summed E-state index contributed by atoms with van der Waals surface area (Å²) >= 11 is 0. The Morgan fingerprint density at radius 2 is 1.26 bits per heavy atom. The third kappa shape index (κ3) is 10.3. The minimum Gasteiger partial charge on any atom is -0.361 e. The Hall–Kier alpha value is -7.34. The SMILES string of the molecule is C.C.C.C[n+]1ccc(C=Cc2c[nH]c3ccccc23)cc1.Cc1[nH]c2ccccc2c1N=Nc1ccc[n+](C)c1.Cn1nc[n+](C)c1N=Nc1c[nH]c2ccccc12. The summed E-state index contributed by atoms with van der Waals surface area (Å²) in [5.74, 6) is 0.695. The van der Waals surface area contributed by atoms with Crippen LogP contribution in [0.5, 0.6) is 0 Å². The van der Waals surface area contributed by atoms with Gasteiger partial charge in [-0.2, -0.15) is 0 Å². The van der Waals surface area contributed by atoms with Crippen molar-refractivity contribution in [3.05, 3.63) is 157 Å². The van der Waals surface area contributed by atoms with Crippen LogP contribution in [0.2, 0.25) is 0 Å². The highest BCUT2D eigenvalue weighted by atomic mass is 15.4. The van der Waals surface area contributed by atoms with Crippen molar-refractivity contribution in [1.29, 1.82) is 0 Å². The zero-order valence-corrected chi connectivity index (χ0v) is 31.5. The van der Waals surface area contributed by atoms with Crippen LogP contribution in [-0.2, 0) is 28.2 Å². The van der Waals surface area contributed by atoms with Gasteiger partial charge in [-0.25, -0.2) is 13.7 Å². The molecule has 296 valence electrons. The van der Waals surface area contributed by atoms with E-state index in [4.69, 9.17) is 0 Å². The van der Waals surface area contributed by atoms with Crippen molar-refractivity contribution in [3.8, 4) is 0 Å². The normalized spacial score (nSPS) is 10.9. The first-order valence-electron chi connectivity index (χ1n) is 17.8. The Morgan fingerprint density at radius 3 is 1.95 bits per heavy atom. The van der Waals surface area contributed by atoms with Crippen LogP contribution in [0, 0.1) is 6.92 Å². The molecule has 0 aliphatic rings. The van der Waals surface area contributed by atoms with Gasteiger partial charge in [-0.05, 0) is 47.4 Å². The summed E-state index contributed by atoms with van der Waals surface area (Å²) in [6, 6.07) is 32.6. The maximum Gasteiger partial charge on any atom is 0.403 e. The van der Waals surface area contributed by atoms with Crippen molar-refractivity contribution in [1.82, 2.24) is 24.7 Å². The largest absolute Gasteiger partial charge is 0.403 e. The molecule has 0 saturated heterocycles. The van der Waals surface area contributed by atoms with Gasteiger partial charge < -0.3 is 15.0 Å². The van der Waals surface area contributed by atoms with Crippen LogP contribution in [0.4, 0.5) is 23.0 Å². The van der Waals surface area contributed by atoms with Gasteiger partial charge in [0, 0.05) is 74.1 Å². The van der Waals surface area contributed by atoms with Crippen LogP contribution < -0.4 is 13.7 Å². The monoisotopic (exact) mass is 775 g/mol. The molecule has 0 aliphatic carbocycles. The summed E-state index contributed by atoms with van der Waals surface area (Å²) in [5.41, 5.74) is 9.36. The van der Waals surface area contributed by atoms with E-state index in [2.05, 4.69) is 101 Å². The number of nitrogens with zero attached hydrogens (tertiary/aromatic N) is 9. The highest BCUT2D eigenvalue weighted by molar-refractivity contribution is 5.93. The molecule has 6 heterocycles. The van der Waals surface area contributed by atoms with Gasteiger partial charge in [-0.3, -0.25) is 0 Å². The van der Waals surface area contributed by atoms with Crippen molar-refractivity contribution in [2.45, 2.75) is 29.2 Å². The van der Waals surface area contributed by atoms with Gasteiger partial charge in [-0.1, -0.05) is 94.1 Å². The van der Waals surface area contributed by atoms with E-state index in [-0.39, 0.29) is 22.3 Å². The third-order valence-electron chi connectivity index (χ3n) is 8.95. The Bertz CT molecular complexity index is 2760. The Morgan fingerprint density at radius 1 is 0.621 bits per heavy atom. The van der Waals surface area contributed by atoms with Crippen molar-refractivity contribution in [2.75, 3.05) is 0 Å². The van der Waals surface area contributed by atoms with E-state index < -0.39 is 0 Å². The second kappa shape index (κ2) is 20.0. The maximum atomic E-state index is 4.39. The number of azo groups is 2. The van der Waals surface area contributed by atoms with Crippen LogP contribution in [-0.4, -0.2) is 24.7 Å². The van der Waals surface area contributed by atoms with Gasteiger partial charge >= 0.3 is 5.95 Å². The first kappa shape index (κ1) is 43.4. The summed E-state index contributed by atoms with van der Waals surface area (Å²) in [6.07, 6.45) is 17.9. The number of benzene rings is 3. The van der Waals surface area contributed by atoms with E-state index in [1.165, 1.54) is 22.0 Å². The molecule has 0 radical (unpaired) electrons. The number of aromatic amines is 3. The molecule has 12 heteroatoms. The number of aromatic nitrogens is 8. The Labute approximate surface area is 340 Å². The predicted octanol–water partition coefficient (Wildman–Crippen LogP) is 10.9. The number of nitrogens with one attached hydrogen (secondary N) is 3. The predicted molar refractivity (Wildman–Crippen MR) is 237 cm³/mol. The number of para-hydroxylation sites is 3. The summed E-state index contributed by atoms with van der Waals surface area (Å²) in [5, 5.41) is 24.7. The summed E-state index contributed by atoms with van der Waals surface area (Å²) in [4.78, 5) is 9.76. The van der Waals surface area contributed by atoms with Crippen molar-refractivity contribution in [2.24, 2.45) is 48.6 Å². The zero-order valence-electron chi connectivity index (χ0n) is 31.5. The molecular weight excluding hydrogens is 721 g/mol. The summed E-state index contributed by atoms with van der Waals surface area (Å²) in [6.45, 7) is 2.01. The molecule has 58 heavy (non-hydrogen) atoms. The fourth-order valence-corrected chi connectivity index (χ4v) is 6.03. The molecule has 0 aliphatic heterocycles. The second-order valence-electron chi connectivity index (χ2n) is 13.1. The van der Waals surface area contributed by atoms with Crippen LogP contribution in [0.3, 0.4) is 0 Å². The number of hydrogen-bond acceptors (Lipinski definition) is 5. The number of hydrogen-bond donors (Lipinski definition) is 3. The first-order chi connectivity index (χ1) is 26.8. The highest BCUT2D eigenvalue weighted by Gasteiger charge is 2.12. The van der Waals surface area contributed by atoms with E-state index in [0.717, 1.165) is 44.6 Å². The summed E-state index contributed by atoms with van der Waals surface area (Å²) < 4.78 is 7.48. The van der Waals surface area contributed by atoms with E-state index in [1.54, 1.807) is 11.0 Å². The van der Waals surface area contributed by atoms with Crippen LogP contribution in [0.15, 0.2) is 161 Å². The molecule has 12 nitrogen and oxygen atoms in total. The molecule has 0 spiro atoms. The van der Waals surface area contributed by atoms with E-state index in [1.807, 2.05) is 134 Å². The minimum atomic E-state index is 0. The first-order valence-corrected chi connectivity index (χ1v) is 17.8. The molecule has 9 rings (SSSR count). The smallest absolute Gasteiger partial charge is 0.361 e. The van der Waals surface area contributed by atoms with E-state index in [0.29, 0.717) is 5.95 Å². The van der Waals surface area contributed by atoms with Gasteiger partial charge in [0.2, 0.25) is 6.33 Å². The number of pyridine rings is 2. The van der Waals surface area contributed by atoms with Gasteiger partial charge in [0.25, 0.3) is 0 Å². The minimum absolute atomic E-state index is 0. The standard InChI is InChI=1S/C16H14N2.C15H15N4.C12H12N6.3CH4/c1-18-10-8-13(9-11-18)6-7-14-12-17-16-5-3-2-4-15(14)16;1-11-15(13-7-3-4-8-14(13)16-11)18-17-12-6-5-9-19(2)10-12;1-17-8-14-18(2)12(17)16-15-11-7-13-10-6-4-3-5-9(10)11;;;/h2-12H,1H3;3-10,16H,1-2H3;3-8H,1-2H3;3*1H4/q;+1;;;;/p+2. The maximum absolute atomic E-state index is 4.39. The van der Waals surface area contributed by atoms with E-state index >= 15 is 0 Å². The molecule has 0 unspecified atom stereocenters. The molecule has 3 aromatic carbocycles. The molecule has 0 bridgehead atoms. The molecule has 6 aromatic heterocycles. The number of rotatable bonds is 6. The lowest BCUT2D eigenvalue weighted by Gasteiger charge is -1.92. The number of aryl methyl sites for hydroxylation is 5. The lowest BCUT2D eigenvalue weighted by molar-refractivity contribution is -0.671. The molecule has 9 aromatic rings. The van der Waals surface area contributed by atoms with Crippen LogP contribution in [0.25, 0.3) is 44.9 Å². The number of H-pyrrole nitrogens is 3. The number of fused-ring (bicyclic) bond motifs is 3. The van der Waals surface area contributed by atoms with Gasteiger partial charge in [0.05, 0.1) is 14.1 Å². The molecule has 0 amide bonds. The summed E-state index contributed by atoms with van der Waals surface area (Å²) in [7, 11) is 7.71. The van der Waals surface area contributed by atoms with Crippen LogP contribution >= 0.6 is 0 Å². The second-order valence-corrected chi connectivity index (χ2v) is 13.1. The lowest BCUT2D eigenvalue weighted by Crippen LogP contribution is -2.25. The van der Waals surface area contributed by atoms with Crippen molar-refractivity contribution in [3.63, 3.8) is 0 Å². The quantitative estimate of drug-likeness (QED) is 0.113. The fourth-order valence-electron chi connectivity index (χ4n) is 6.03. The Balaban J connectivity index is 0.000000188. The van der Waals surface area contributed by atoms with Gasteiger partial charge in [0.1, 0.15) is 31.2 Å². The molecule has 0 fully saturated rings. The fraction of sp³-hybridized carbons (Fsp3) is 0.174. The average molecular weight is 776 g/mol. The topological polar surface area (TPSA) is 126 Å². The molecule has 0 atom stereocenters. The highest BCUT2D eigenvalue weighted by Crippen LogP contribution is 2.31. The van der Waals surface area contributed by atoms with E-state index in [9.17, 15) is 0 Å². The lowest BCUT2D eigenvalue weighted by atomic mass is 10.1. The molecule has 3 N–H and O–H groups in total.